The number of nitrogens with zero attached hydrogens (tertiary/aromatic N) is 3. The summed E-state index contributed by atoms with van der Waals surface area (Å²) < 4.78 is 0. The molecule has 1 amide bonds. The van der Waals surface area contributed by atoms with Gasteiger partial charge in [0.15, 0.2) is 16.7 Å². The molecule has 0 bridgehead atoms. The van der Waals surface area contributed by atoms with Crippen LogP contribution in [0.2, 0.25) is 0 Å². The lowest BCUT2D eigenvalue weighted by Gasteiger charge is -2.18. The maximum Gasteiger partial charge on any atom is 0.226 e. The van der Waals surface area contributed by atoms with Crippen molar-refractivity contribution >= 4 is 39.8 Å². The molecule has 1 atom stereocenters. The SMILES string of the molecule is CN(C)CCCC(=O)Nc1nc2c(s1)C(=O)C(C(=O)c1ccc(N)nc1)CC2. The van der Waals surface area contributed by atoms with Crippen molar-refractivity contribution in [2.75, 3.05) is 31.7 Å². The normalized spacial score (nSPS) is 16.1. The number of thiazole rings is 1. The Labute approximate surface area is 167 Å². The predicted octanol–water partition coefficient (Wildman–Crippen LogP) is 2.03. The van der Waals surface area contributed by atoms with E-state index in [0.717, 1.165) is 24.3 Å². The van der Waals surface area contributed by atoms with Crippen LogP contribution in [-0.2, 0) is 11.2 Å². The molecule has 9 heteroatoms. The summed E-state index contributed by atoms with van der Waals surface area (Å²) in [6.45, 7) is 0.823. The molecule has 3 rings (SSSR count). The van der Waals surface area contributed by atoms with Crippen LogP contribution in [0.3, 0.4) is 0 Å². The topological polar surface area (TPSA) is 118 Å². The zero-order valence-electron chi connectivity index (χ0n) is 15.9. The standard InChI is InChI=1S/C19H23N5O3S/c1-24(2)9-3-4-15(25)23-19-22-13-7-6-12(17(27)18(13)28-19)16(26)11-5-8-14(20)21-10-11/h5,8,10,12H,3-4,6-7,9H2,1-2H3,(H2,20,21)(H,22,23,25). The number of aromatic nitrogens is 2. The van der Waals surface area contributed by atoms with E-state index < -0.39 is 5.92 Å². The highest BCUT2D eigenvalue weighted by atomic mass is 32.1. The van der Waals surface area contributed by atoms with Crippen molar-refractivity contribution in [3.05, 3.63) is 34.5 Å². The summed E-state index contributed by atoms with van der Waals surface area (Å²) in [5, 5.41) is 3.18. The van der Waals surface area contributed by atoms with Gasteiger partial charge in [-0.15, -0.1) is 0 Å². The molecular formula is C19H23N5O3S. The number of hydrogen-bond donors (Lipinski definition) is 2. The molecule has 0 radical (unpaired) electrons. The molecule has 3 N–H and O–H groups in total. The summed E-state index contributed by atoms with van der Waals surface area (Å²) in [6.07, 6.45) is 3.45. The number of hydrogen-bond acceptors (Lipinski definition) is 8. The van der Waals surface area contributed by atoms with Gasteiger partial charge in [0.2, 0.25) is 5.91 Å². The number of carbonyl (C=O) groups excluding carboxylic acids is 3. The molecule has 1 aliphatic carbocycles. The molecule has 2 aromatic heterocycles. The largest absolute Gasteiger partial charge is 0.384 e. The number of nitrogen functional groups attached to an aromatic ring is 1. The van der Waals surface area contributed by atoms with Gasteiger partial charge in [0.1, 0.15) is 5.82 Å². The van der Waals surface area contributed by atoms with E-state index in [1.807, 2.05) is 19.0 Å². The van der Waals surface area contributed by atoms with Gasteiger partial charge >= 0.3 is 0 Å². The zero-order chi connectivity index (χ0) is 20.3. The number of ketones is 2. The minimum atomic E-state index is -0.748. The van der Waals surface area contributed by atoms with E-state index in [1.165, 1.54) is 6.20 Å². The average Bonchev–Trinajstić information content (AvgIpc) is 3.05. The molecule has 0 saturated carbocycles. The molecule has 148 valence electrons. The number of Topliss-reactive ketones (excluding diaryl/α,β-unsaturated/α-hetero) is 2. The van der Waals surface area contributed by atoms with Gasteiger partial charge in [0.25, 0.3) is 0 Å². The first-order valence-electron chi connectivity index (χ1n) is 9.09. The van der Waals surface area contributed by atoms with Gasteiger partial charge in [-0.05, 0) is 52.0 Å². The Morgan fingerprint density at radius 3 is 2.82 bits per heavy atom. The van der Waals surface area contributed by atoms with Crippen molar-refractivity contribution < 1.29 is 14.4 Å². The maximum absolute atomic E-state index is 12.8. The van der Waals surface area contributed by atoms with Crippen LogP contribution in [-0.4, -0.2) is 53.0 Å². The van der Waals surface area contributed by atoms with Gasteiger partial charge in [0, 0.05) is 18.2 Å². The first-order valence-corrected chi connectivity index (χ1v) is 9.91. The smallest absolute Gasteiger partial charge is 0.226 e. The molecule has 0 fully saturated rings. The summed E-state index contributed by atoms with van der Waals surface area (Å²) in [6, 6.07) is 3.13. The van der Waals surface area contributed by atoms with Crippen LogP contribution in [0.4, 0.5) is 10.9 Å². The van der Waals surface area contributed by atoms with Crippen LogP contribution >= 0.6 is 11.3 Å². The Morgan fingerprint density at radius 1 is 1.36 bits per heavy atom. The lowest BCUT2D eigenvalue weighted by molar-refractivity contribution is -0.116. The van der Waals surface area contributed by atoms with Gasteiger partial charge in [0.05, 0.1) is 16.5 Å². The quantitative estimate of drug-likeness (QED) is 0.538. The Kier molecular flexibility index (Phi) is 6.15. The average molecular weight is 401 g/mol. The fraction of sp³-hybridized carbons (Fsp3) is 0.421. The van der Waals surface area contributed by atoms with Crippen LogP contribution in [0.1, 0.15) is 45.0 Å². The minimum Gasteiger partial charge on any atom is -0.384 e. The van der Waals surface area contributed by atoms with Crippen molar-refractivity contribution in [3.63, 3.8) is 0 Å². The van der Waals surface area contributed by atoms with Crippen LogP contribution in [0.15, 0.2) is 18.3 Å². The number of fused-ring (bicyclic) bond motifs is 1. The second-order valence-electron chi connectivity index (χ2n) is 7.04. The third-order valence-corrected chi connectivity index (χ3v) is 5.58. The van der Waals surface area contributed by atoms with Crippen molar-refractivity contribution in [2.24, 2.45) is 5.92 Å². The third-order valence-electron chi connectivity index (χ3n) is 4.55. The Morgan fingerprint density at radius 2 is 2.14 bits per heavy atom. The number of rotatable bonds is 7. The number of nitrogens with two attached hydrogens (primary N) is 1. The monoisotopic (exact) mass is 401 g/mol. The van der Waals surface area contributed by atoms with E-state index in [0.29, 0.717) is 46.3 Å². The molecule has 0 saturated heterocycles. The minimum absolute atomic E-state index is 0.124. The van der Waals surface area contributed by atoms with Gasteiger partial charge in [-0.25, -0.2) is 9.97 Å². The second-order valence-corrected chi connectivity index (χ2v) is 8.04. The maximum atomic E-state index is 12.8. The Hall–Kier alpha value is -2.65. The Bertz CT molecular complexity index is 891. The van der Waals surface area contributed by atoms with Crippen LogP contribution in [0.5, 0.6) is 0 Å². The highest BCUT2D eigenvalue weighted by Crippen LogP contribution is 2.33. The van der Waals surface area contributed by atoms with Crippen molar-refractivity contribution in [1.82, 2.24) is 14.9 Å². The van der Waals surface area contributed by atoms with Crippen molar-refractivity contribution in [2.45, 2.75) is 25.7 Å². The summed E-state index contributed by atoms with van der Waals surface area (Å²) in [4.78, 5) is 48.4. The summed E-state index contributed by atoms with van der Waals surface area (Å²) in [5.41, 5.74) is 6.57. The van der Waals surface area contributed by atoms with Gasteiger partial charge in [-0.3, -0.25) is 14.4 Å². The zero-order valence-corrected chi connectivity index (χ0v) is 16.7. The lowest BCUT2D eigenvalue weighted by atomic mass is 9.84. The Balaban J connectivity index is 1.67. The summed E-state index contributed by atoms with van der Waals surface area (Å²) in [7, 11) is 3.91. The van der Waals surface area contributed by atoms with Crippen molar-refractivity contribution in [1.29, 1.82) is 0 Å². The van der Waals surface area contributed by atoms with E-state index in [1.54, 1.807) is 12.1 Å². The molecule has 2 heterocycles. The second kappa shape index (κ2) is 8.57. The number of aryl methyl sites for hydroxylation is 1. The first-order chi connectivity index (χ1) is 13.3. The highest BCUT2D eigenvalue weighted by Gasteiger charge is 2.36. The molecule has 28 heavy (non-hydrogen) atoms. The van der Waals surface area contributed by atoms with E-state index in [2.05, 4.69) is 15.3 Å². The molecular weight excluding hydrogens is 378 g/mol. The first kappa shape index (κ1) is 20.1. The molecule has 0 aliphatic heterocycles. The number of nitrogens with one attached hydrogen (secondary N) is 1. The fourth-order valence-electron chi connectivity index (χ4n) is 3.08. The van der Waals surface area contributed by atoms with E-state index in [-0.39, 0.29) is 17.5 Å². The fourth-order valence-corrected chi connectivity index (χ4v) is 4.10. The molecule has 0 aromatic carbocycles. The molecule has 2 aromatic rings. The third kappa shape index (κ3) is 4.60. The van der Waals surface area contributed by atoms with E-state index in [9.17, 15) is 14.4 Å². The number of amides is 1. The lowest BCUT2D eigenvalue weighted by Crippen LogP contribution is -2.29. The summed E-state index contributed by atoms with van der Waals surface area (Å²) >= 11 is 1.14. The number of pyridine rings is 1. The number of anilines is 2. The van der Waals surface area contributed by atoms with Crippen LogP contribution < -0.4 is 11.1 Å². The molecule has 8 nitrogen and oxygen atoms in total. The molecule has 1 aliphatic rings. The molecule has 1 unspecified atom stereocenters. The van der Waals surface area contributed by atoms with Gasteiger partial charge in [-0.2, -0.15) is 0 Å². The highest BCUT2D eigenvalue weighted by molar-refractivity contribution is 7.17. The predicted molar refractivity (Wildman–Crippen MR) is 108 cm³/mol. The van der Waals surface area contributed by atoms with Crippen LogP contribution in [0, 0.1) is 5.92 Å². The number of carbonyl (C=O) groups is 3. The van der Waals surface area contributed by atoms with Gasteiger partial charge < -0.3 is 16.0 Å². The van der Waals surface area contributed by atoms with Crippen LogP contribution in [0.25, 0.3) is 0 Å². The van der Waals surface area contributed by atoms with Crippen molar-refractivity contribution in [3.8, 4) is 0 Å². The summed E-state index contributed by atoms with van der Waals surface area (Å²) in [5.74, 6) is -1.05. The molecule has 0 spiro atoms. The van der Waals surface area contributed by atoms with E-state index >= 15 is 0 Å². The van der Waals surface area contributed by atoms with Gasteiger partial charge in [-0.1, -0.05) is 11.3 Å². The van der Waals surface area contributed by atoms with E-state index in [4.69, 9.17) is 5.73 Å².